The molecule has 0 aliphatic rings. The summed E-state index contributed by atoms with van der Waals surface area (Å²) in [6.45, 7) is 0. The van der Waals surface area contributed by atoms with Gasteiger partial charge < -0.3 is 9.47 Å². The summed E-state index contributed by atoms with van der Waals surface area (Å²) in [5.74, 6) is 0.654. The number of nitrogens with zero attached hydrogens (tertiary/aromatic N) is 2. The van der Waals surface area contributed by atoms with Gasteiger partial charge in [0, 0.05) is 16.6 Å². The third kappa shape index (κ3) is 3.12. The first-order valence-electron chi connectivity index (χ1n) is 5.75. The van der Waals surface area contributed by atoms with Gasteiger partial charge in [-0.15, -0.1) is 0 Å². The van der Waals surface area contributed by atoms with E-state index in [1.54, 1.807) is 18.2 Å². The Hall–Kier alpha value is -2.59. The van der Waals surface area contributed by atoms with E-state index in [9.17, 15) is 10.1 Å². The molecule has 0 aliphatic carbocycles. The Morgan fingerprint density at radius 3 is 2.67 bits per heavy atom. The Morgan fingerprint density at radius 1 is 1.29 bits per heavy atom. The van der Waals surface area contributed by atoms with Crippen LogP contribution in [0.1, 0.15) is 5.56 Å². The fraction of sp³-hybridized carbons (Fsp3) is 0.0714. The average molecular weight is 349 g/mol. The molecule has 0 bridgehead atoms. The summed E-state index contributed by atoms with van der Waals surface area (Å²) in [4.78, 5) is 10.5. The summed E-state index contributed by atoms with van der Waals surface area (Å²) >= 11 is 3.24. The predicted molar refractivity (Wildman–Crippen MR) is 78.6 cm³/mol. The lowest BCUT2D eigenvalue weighted by atomic mass is 10.2. The van der Waals surface area contributed by atoms with E-state index in [1.807, 2.05) is 6.07 Å². The zero-order valence-corrected chi connectivity index (χ0v) is 12.5. The molecule has 6 nitrogen and oxygen atoms in total. The van der Waals surface area contributed by atoms with Gasteiger partial charge in [-0.25, -0.2) is 0 Å². The van der Waals surface area contributed by atoms with Crippen molar-refractivity contribution in [1.29, 1.82) is 5.26 Å². The van der Waals surface area contributed by atoms with Crippen molar-refractivity contribution in [2.75, 3.05) is 7.11 Å². The predicted octanol–water partition coefficient (Wildman–Crippen LogP) is 4.03. The van der Waals surface area contributed by atoms with Crippen LogP contribution in [-0.4, -0.2) is 12.0 Å². The van der Waals surface area contributed by atoms with E-state index >= 15 is 0 Å². The number of halogens is 1. The molecule has 2 aromatic carbocycles. The highest BCUT2D eigenvalue weighted by Crippen LogP contribution is 2.37. The molecule has 0 radical (unpaired) electrons. The number of methoxy groups -OCH3 is 1. The lowest BCUT2D eigenvalue weighted by Gasteiger charge is -2.10. The van der Waals surface area contributed by atoms with Crippen LogP contribution in [0.4, 0.5) is 5.69 Å². The number of nitro benzene ring substituents is 1. The van der Waals surface area contributed by atoms with Gasteiger partial charge in [0.2, 0.25) is 5.75 Å². The number of hydrogen-bond donors (Lipinski definition) is 0. The lowest BCUT2D eigenvalue weighted by Crippen LogP contribution is -1.96. The third-order valence-electron chi connectivity index (χ3n) is 2.67. The molecule has 106 valence electrons. The molecule has 0 fully saturated rings. The first-order valence-corrected chi connectivity index (χ1v) is 6.55. The summed E-state index contributed by atoms with van der Waals surface area (Å²) in [6.07, 6.45) is 0. The molecule has 0 amide bonds. The standard InChI is InChI=1S/C14H9BrN2O4/c1-20-9-5-6-12(17(18)19)14(7-9)21-13-4-2-3-11(15)10(13)8-16/h2-7H,1H3. The van der Waals surface area contributed by atoms with Crippen LogP contribution in [0, 0.1) is 21.4 Å². The second kappa shape index (κ2) is 6.24. The fourth-order valence-electron chi connectivity index (χ4n) is 1.67. The van der Waals surface area contributed by atoms with Crippen LogP contribution in [-0.2, 0) is 0 Å². The summed E-state index contributed by atoms with van der Waals surface area (Å²) in [5.41, 5.74) is 0.0503. The zero-order valence-electron chi connectivity index (χ0n) is 10.9. The van der Waals surface area contributed by atoms with Crippen molar-refractivity contribution < 1.29 is 14.4 Å². The zero-order chi connectivity index (χ0) is 15.4. The van der Waals surface area contributed by atoms with Crippen molar-refractivity contribution in [2.45, 2.75) is 0 Å². The molecule has 2 rings (SSSR count). The van der Waals surface area contributed by atoms with Crippen molar-refractivity contribution in [3.8, 4) is 23.3 Å². The van der Waals surface area contributed by atoms with E-state index in [0.29, 0.717) is 10.2 Å². The Morgan fingerprint density at radius 2 is 2.05 bits per heavy atom. The van der Waals surface area contributed by atoms with Gasteiger partial charge in [-0.05, 0) is 34.1 Å². The number of ether oxygens (including phenoxy) is 2. The van der Waals surface area contributed by atoms with Gasteiger partial charge >= 0.3 is 5.69 Å². The molecule has 0 saturated carbocycles. The van der Waals surface area contributed by atoms with Crippen molar-refractivity contribution >= 4 is 21.6 Å². The molecule has 0 aliphatic heterocycles. The van der Waals surface area contributed by atoms with Crippen LogP contribution in [0.25, 0.3) is 0 Å². The molecule has 0 atom stereocenters. The van der Waals surface area contributed by atoms with E-state index in [2.05, 4.69) is 15.9 Å². The second-order valence-corrected chi connectivity index (χ2v) is 4.77. The molecule has 0 heterocycles. The van der Waals surface area contributed by atoms with Crippen LogP contribution >= 0.6 is 15.9 Å². The normalized spacial score (nSPS) is 9.76. The maximum atomic E-state index is 11.0. The topological polar surface area (TPSA) is 85.4 Å². The van der Waals surface area contributed by atoms with E-state index in [-0.39, 0.29) is 22.7 Å². The van der Waals surface area contributed by atoms with Crippen molar-refractivity contribution in [3.05, 3.63) is 56.5 Å². The van der Waals surface area contributed by atoms with E-state index in [0.717, 1.165) is 0 Å². The molecule has 21 heavy (non-hydrogen) atoms. The van der Waals surface area contributed by atoms with Gasteiger partial charge in [-0.3, -0.25) is 10.1 Å². The van der Waals surface area contributed by atoms with Gasteiger partial charge in [0.05, 0.1) is 12.0 Å². The molecular weight excluding hydrogens is 340 g/mol. The highest BCUT2D eigenvalue weighted by Gasteiger charge is 2.18. The first-order chi connectivity index (χ1) is 10.1. The molecular formula is C14H9BrN2O4. The van der Waals surface area contributed by atoms with Gasteiger partial charge in [-0.2, -0.15) is 5.26 Å². The summed E-state index contributed by atoms with van der Waals surface area (Å²) < 4.78 is 11.1. The number of nitro groups is 1. The molecule has 0 N–H and O–H groups in total. The summed E-state index contributed by atoms with van der Waals surface area (Å²) in [6, 6.07) is 11.1. The fourth-order valence-corrected chi connectivity index (χ4v) is 2.11. The Balaban J connectivity index is 2.51. The monoisotopic (exact) mass is 348 g/mol. The number of benzene rings is 2. The third-order valence-corrected chi connectivity index (χ3v) is 3.33. The number of rotatable bonds is 4. The molecule has 0 spiro atoms. The van der Waals surface area contributed by atoms with Crippen molar-refractivity contribution in [2.24, 2.45) is 0 Å². The SMILES string of the molecule is COc1ccc([N+](=O)[O-])c(Oc2cccc(Br)c2C#N)c1. The first kappa shape index (κ1) is 14.8. The van der Waals surface area contributed by atoms with Crippen LogP contribution in [0.3, 0.4) is 0 Å². The minimum atomic E-state index is -0.557. The summed E-state index contributed by atoms with van der Waals surface area (Å²) in [5, 5.41) is 20.2. The maximum Gasteiger partial charge on any atom is 0.311 e. The number of nitriles is 1. The highest BCUT2D eigenvalue weighted by atomic mass is 79.9. The maximum absolute atomic E-state index is 11.0. The van der Waals surface area contributed by atoms with Crippen LogP contribution < -0.4 is 9.47 Å². The molecule has 0 unspecified atom stereocenters. The van der Waals surface area contributed by atoms with Crippen LogP contribution in [0.2, 0.25) is 0 Å². The number of hydrogen-bond acceptors (Lipinski definition) is 5. The van der Waals surface area contributed by atoms with Crippen molar-refractivity contribution in [3.63, 3.8) is 0 Å². The largest absolute Gasteiger partial charge is 0.497 e. The van der Waals surface area contributed by atoms with Crippen LogP contribution in [0.15, 0.2) is 40.9 Å². The van der Waals surface area contributed by atoms with Gasteiger partial charge in [-0.1, -0.05) is 6.07 Å². The Labute approximate surface area is 128 Å². The molecule has 0 saturated heterocycles. The minimum Gasteiger partial charge on any atom is -0.497 e. The van der Waals surface area contributed by atoms with Gasteiger partial charge in [0.25, 0.3) is 0 Å². The molecule has 7 heteroatoms. The second-order valence-electron chi connectivity index (χ2n) is 3.92. The quantitative estimate of drug-likeness (QED) is 0.614. The highest BCUT2D eigenvalue weighted by molar-refractivity contribution is 9.10. The van der Waals surface area contributed by atoms with E-state index < -0.39 is 4.92 Å². The Kier molecular flexibility index (Phi) is 4.40. The molecule has 2 aromatic rings. The molecule has 0 aromatic heterocycles. The van der Waals surface area contributed by atoms with Crippen molar-refractivity contribution in [1.82, 2.24) is 0 Å². The van der Waals surface area contributed by atoms with Crippen LogP contribution in [0.5, 0.6) is 17.2 Å². The smallest absolute Gasteiger partial charge is 0.311 e. The summed E-state index contributed by atoms with van der Waals surface area (Å²) in [7, 11) is 1.45. The lowest BCUT2D eigenvalue weighted by molar-refractivity contribution is -0.385. The van der Waals surface area contributed by atoms with E-state index in [1.165, 1.54) is 25.3 Å². The van der Waals surface area contributed by atoms with E-state index in [4.69, 9.17) is 14.7 Å². The van der Waals surface area contributed by atoms with Gasteiger partial charge in [0.15, 0.2) is 0 Å². The Bertz CT molecular complexity index is 740. The minimum absolute atomic E-state index is 0.00829. The average Bonchev–Trinajstić information content (AvgIpc) is 2.47. The van der Waals surface area contributed by atoms with Gasteiger partial charge in [0.1, 0.15) is 23.1 Å².